The van der Waals surface area contributed by atoms with Gasteiger partial charge in [0.15, 0.2) is 5.96 Å². The van der Waals surface area contributed by atoms with E-state index in [9.17, 15) is 0 Å². The molecule has 2 rings (SSSR count). The van der Waals surface area contributed by atoms with E-state index < -0.39 is 0 Å². The van der Waals surface area contributed by atoms with Crippen molar-refractivity contribution in [3.63, 3.8) is 0 Å². The molecule has 1 fully saturated rings. The van der Waals surface area contributed by atoms with Crippen LogP contribution >= 0.6 is 24.0 Å². The highest BCUT2D eigenvalue weighted by Crippen LogP contribution is 2.12. The van der Waals surface area contributed by atoms with E-state index in [-0.39, 0.29) is 24.0 Å². The highest BCUT2D eigenvalue weighted by molar-refractivity contribution is 14.0. The maximum absolute atomic E-state index is 5.71. The Morgan fingerprint density at radius 2 is 2.31 bits per heavy atom. The fraction of sp³-hybridized carbons (Fsp3) is 0.778. The Balaban J connectivity index is 0.00000338. The molecule has 0 saturated carbocycles. The normalized spacial score (nSPS) is 17.4. The lowest BCUT2D eigenvalue weighted by molar-refractivity contribution is 0.0888. The monoisotopic (exact) mass is 479 g/mol. The third-order valence-electron chi connectivity index (χ3n) is 4.14. The molecule has 1 aromatic heterocycles. The zero-order valence-corrected chi connectivity index (χ0v) is 18.6. The van der Waals surface area contributed by atoms with Gasteiger partial charge in [-0.1, -0.05) is 13.8 Å². The first-order valence-electron chi connectivity index (χ1n) is 9.29. The largest absolute Gasteiger partial charge is 0.381 e. The Hall–Kier alpha value is -0.870. The molecular formula is C18H34IN5O2. The molecule has 1 saturated heterocycles. The van der Waals surface area contributed by atoms with Gasteiger partial charge in [0.25, 0.3) is 0 Å². The van der Waals surface area contributed by atoms with Crippen LogP contribution in [-0.2, 0) is 22.6 Å². The highest BCUT2D eigenvalue weighted by Gasteiger charge is 2.15. The zero-order valence-electron chi connectivity index (χ0n) is 16.2. The molecule has 0 aliphatic carbocycles. The van der Waals surface area contributed by atoms with Gasteiger partial charge >= 0.3 is 0 Å². The predicted octanol–water partition coefficient (Wildman–Crippen LogP) is 2.27. The van der Waals surface area contributed by atoms with E-state index in [1.165, 1.54) is 0 Å². The molecular weight excluding hydrogens is 445 g/mol. The molecule has 150 valence electrons. The van der Waals surface area contributed by atoms with Crippen molar-refractivity contribution in [3.8, 4) is 0 Å². The van der Waals surface area contributed by atoms with Gasteiger partial charge in [-0.25, -0.2) is 4.98 Å². The van der Waals surface area contributed by atoms with Crippen molar-refractivity contribution in [2.45, 2.75) is 39.8 Å². The lowest BCUT2D eigenvalue weighted by Gasteiger charge is -2.14. The smallest absolute Gasteiger partial charge is 0.191 e. The number of nitrogens with one attached hydrogen (secondary N) is 2. The summed E-state index contributed by atoms with van der Waals surface area (Å²) in [6.07, 6.45) is 5.96. The number of ether oxygens (including phenoxy) is 2. The molecule has 0 radical (unpaired) electrons. The molecule has 8 heteroatoms. The summed E-state index contributed by atoms with van der Waals surface area (Å²) in [7, 11) is 1.78. The van der Waals surface area contributed by atoms with E-state index in [4.69, 9.17) is 9.47 Å². The summed E-state index contributed by atoms with van der Waals surface area (Å²) in [6.45, 7) is 10.2. The molecule has 1 aromatic rings. The van der Waals surface area contributed by atoms with Crippen LogP contribution in [0.15, 0.2) is 17.4 Å². The van der Waals surface area contributed by atoms with Crippen LogP contribution in [0.2, 0.25) is 0 Å². The van der Waals surface area contributed by atoms with Crippen LogP contribution < -0.4 is 10.6 Å². The Labute approximate surface area is 174 Å². The number of aliphatic imine (C=N–C) groups is 1. The standard InChI is InChI=1S/C18H33N5O2.HI/c1-15(2)12-23-8-7-20-17(23)11-22-18(19-3)21-6-4-9-24-13-16-5-10-25-14-16;/h7-8,15-16H,4-6,9-14H2,1-3H3,(H2,19,21,22);1H. The third kappa shape index (κ3) is 8.68. The van der Waals surface area contributed by atoms with Crippen molar-refractivity contribution in [1.82, 2.24) is 20.2 Å². The van der Waals surface area contributed by atoms with Gasteiger partial charge in [-0.3, -0.25) is 4.99 Å². The van der Waals surface area contributed by atoms with Gasteiger partial charge in [-0.05, 0) is 18.8 Å². The summed E-state index contributed by atoms with van der Waals surface area (Å²) >= 11 is 0. The predicted molar refractivity (Wildman–Crippen MR) is 115 cm³/mol. The Bertz CT molecular complexity index is 515. The average Bonchev–Trinajstić information content (AvgIpc) is 3.25. The topological polar surface area (TPSA) is 72.7 Å². The van der Waals surface area contributed by atoms with Crippen LogP contribution in [-0.4, -0.2) is 55.5 Å². The minimum absolute atomic E-state index is 0. The first-order valence-corrected chi connectivity index (χ1v) is 9.29. The lowest BCUT2D eigenvalue weighted by Crippen LogP contribution is -2.38. The van der Waals surface area contributed by atoms with Crippen molar-refractivity contribution < 1.29 is 9.47 Å². The second kappa shape index (κ2) is 13.3. The molecule has 0 amide bonds. The van der Waals surface area contributed by atoms with E-state index >= 15 is 0 Å². The number of halogens is 1. The van der Waals surface area contributed by atoms with Crippen molar-refractivity contribution >= 4 is 29.9 Å². The van der Waals surface area contributed by atoms with Crippen LogP contribution in [0.5, 0.6) is 0 Å². The highest BCUT2D eigenvalue weighted by atomic mass is 127. The minimum atomic E-state index is 0. The second-order valence-electron chi connectivity index (χ2n) is 6.90. The van der Waals surface area contributed by atoms with Gasteiger partial charge in [-0.2, -0.15) is 0 Å². The number of guanidine groups is 1. The van der Waals surface area contributed by atoms with E-state index in [0.29, 0.717) is 18.4 Å². The quantitative estimate of drug-likeness (QED) is 0.233. The summed E-state index contributed by atoms with van der Waals surface area (Å²) in [6, 6.07) is 0. The zero-order chi connectivity index (χ0) is 17.9. The first-order chi connectivity index (χ1) is 12.2. The SMILES string of the molecule is CN=C(NCCCOCC1CCOC1)NCc1nccn1CC(C)C.I. The van der Waals surface area contributed by atoms with Gasteiger partial charge in [0.1, 0.15) is 5.82 Å². The molecule has 26 heavy (non-hydrogen) atoms. The van der Waals surface area contributed by atoms with Gasteiger partial charge in [0.2, 0.25) is 0 Å². The molecule has 7 nitrogen and oxygen atoms in total. The van der Waals surface area contributed by atoms with Gasteiger partial charge in [-0.15, -0.1) is 24.0 Å². The van der Waals surface area contributed by atoms with Crippen LogP contribution in [0.4, 0.5) is 0 Å². The van der Waals surface area contributed by atoms with Crippen molar-refractivity contribution in [2.75, 3.05) is 40.0 Å². The Morgan fingerprint density at radius 1 is 1.46 bits per heavy atom. The summed E-state index contributed by atoms with van der Waals surface area (Å²) in [5.41, 5.74) is 0. The van der Waals surface area contributed by atoms with Crippen LogP contribution in [0.3, 0.4) is 0 Å². The number of rotatable bonds is 10. The van der Waals surface area contributed by atoms with E-state index in [2.05, 4.69) is 39.0 Å². The average molecular weight is 479 g/mol. The van der Waals surface area contributed by atoms with Gasteiger partial charge in [0.05, 0.1) is 19.8 Å². The summed E-state index contributed by atoms with van der Waals surface area (Å²) in [4.78, 5) is 8.68. The van der Waals surface area contributed by atoms with Crippen LogP contribution in [0.25, 0.3) is 0 Å². The maximum atomic E-state index is 5.71. The fourth-order valence-corrected chi connectivity index (χ4v) is 2.80. The van der Waals surface area contributed by atoms with E-state index in [1.54, 1.807) is 7.05 Å². The summed E-state index contributed by atoms with van der Waals surface area (Å²) in [5.74, 6) is 3.00. The lowest BCUT2D eigenvalue weighted by atomic mass is 10.1. The molecule has 0 aromatic carbocycles. The first kappa shape index (κ1) is 23.2. The number of hydrogen-bond donors (Lipinski definition) is 2. The van der Waals surface area contributed by atoms with Crippen LogP contribution in [0, 0.1) is 11.8 Å². The Kier molecular flexibility index (Phi) is 11.9. The minimum Gasteiger partial charge on any atom is -0.381 e. The Morgan fingerprint density at radius 3 is 3.00 bits per heavy atom. The molecule has 0 spiro atoms. The summed E-state index contributed by atoms with van der Waals surface area (Å²) < 4.78 is 13.2. The molecule has 2 heterocycles. The molecule has 1 atom stereocenters. The molecule has 1 aliphatic heterocycles. The number of nitrogens with zero attached hydrogens (tertiary/aromatic N) is 3. The summed E-state index contributed by atoms with van der Waals surface area (Å²) in [5, 5.41) is 6.64. The fourth-order valence-electron chi connectivity index (χ4n) is 2.80. The van der Waals surface area contributed by atoms with E-state index in [1.807, 2.05) is 12.4 Å². The number of aromatic nitrogens is 2. The number of hydrogen-bond acceptors (Lipinski definition) is 4. The van der Waals surface area contributed by atoms with Gasteiger partial charge in [0, 0.05) is 51.7 Å². The molecule has 2 N–H and O–H groups in total. The van der Waals surface area contributed by atoms with Crippen molar-refractivity contribution in [2.24, 2.45) is 16.8 Å². The van der Waals surface area contributed by atoms with Gasteiger partial charge < -0.3 is 24.7 Å². The van der Waals surface area contributed by atoms with Crippen molar-refractivity contribution in [1.29, 1.82) is 0 Å². The van der Waals surface area contributed by atoms with Crippen molar-refractivity contribution in [3.05, 3.63) is 18.2 Å². The molecule has 0 bridgehead atoms. The molecule has 1 unspecified atom stereocenters. The molecule has 1 aliphatic rings. The second-order valence-corrected chi connectivity index (χ2v) is 6.90. The maximum Gasteiger partial charge on any atom is 0.191 e. The van der Waals surface area contributed by atoms with Crippen LogP contribution in [0.1, 0.15) is 32.5 Å². The third-order valence-corrected chi connectivity index (χ3v) is 4.14. The number of imidazole rings is 1. The van der Waals surface area contributed by atoms with E-state index in [0.717, 1.165) is 64.1 Å².